The van der Waals surface area contributed by atoms with Gasteiger partial charge in [-0.05, 0) is 18.2 Å². The van der Waals surface area contributed by atoms with Gasteiger partial charge < -0.3 is 9.26 Å². The number of hydrogen-bond donors (Lipinski definition) is 0. The molecule has 0 amide bonds. The molecule has 1 aromatic heterocycles. The largest absolute Gasteiger partial charge is 0.464 e. The average molecular weight is 256 g/mol. The van der Waals surface area contributed by atoms with Crippen LogP contribution in [0.3, 0.4) is 0 Å². The van der Waals surface area contributed by atoms with E-state index in [2.05, 4.69) is 9.89 Å². The molecule has 0 N–H and O–H groups in total. The van der Waals surface area contributed by atoms with Crippen LogP contribution in [0.1, 0.15) is 10.5 Å². The van der Waals surface area contributed by atoms with Crippen LogP contribution in [-0.4, -0.2) is 18.2 Å². The highest BCUT2D eigenvalue weighted by molar-refractivity contribution is 6.33. The van der Waals surface area contributed by atoms with Gasteiger partial charge in [0.05, 0.1) is 12.1 Å². The summed E-state index contributed by atoms with van der Waals surface area (Å²) >= 11 is 5.84. The monoisotopic (exact) mass is 255 g/mol. The van der Waals surface area contributed by atoms with Crippen molar-refractivity contribution in [3.8, 4) is 11.3 Å². The zero-order chi connectivity index (χ0) is 12.4. The van der Waals surface area contributed by atoms with Crippen LogP contribution in [0.5, 0.6) is 0 Å². The van der Waals surface area contributed by atoms with E-state index in [0.717, 1.165) is 6.07 Å². The predicted molar refractivity (Wildman–Crippen MR) is 58.2 cm³/mol. The lowest BCUT2D eigenvalue weighted by Gasteiger charge is -1.98. The number of halogens is 2. The number of esters is 1. The molecule has 0 bridgehead atoms. The number of carbonyl (C=O) groups is 1. The van der Waals surface area contributed by atoms with Crippen molar-refractivity contribution in [3.63, 3.8) is 0 Å². The van der Waals surface area contributed by atoms with Gasteiger partial charge in [0.15, 0.2) is 11.5 Å². The SMILES string of the molecule is COC(=O)c1cc(-c2ccc(F)cc2Cl)on1. The number of ether oxygens (including phenoxy) is 1. The third-order valence-electron chi connectivity index (χ3n) is 2.10. The first-order valence-corrected chi connectivity index (χ1v) is 5.00. The van der Waals surface area contributed by atoms with Crippen LogP contribution >= 0.6 is 11.6 Å². The second kappa shape index (κ2) is 4.55. The van der Waals surface area contributed by atoms with Crippen molar-refractivity contribution in [2.24, 2.45) is 0 Å². The molecule has 0 saturated heterocycles. The molecule has 0 fully saturated rings. The number of hydrogen-bond acceptors (Lipinski definition) is 4. The Kier molecular flexibility index (Phi) is 3.10. The van der Waals surface area contributed by atoms with Crippen LogP contribution in [0.25, 0.3) is 11.3 Å². The molecule has 0 aliphatic heterocycles. The van der Waals surface area contributed by atoms with Crippen molar-refractivity contribution in [2.75, 3.05) is 7.11 Å². The van der Waals surface area contributed by atoms with Gasteiger partial charge in [-0.15, -0.1) is 0 Å². The molecule has 88 valence electrons. The molecule has 0 aliphatic carbocycles. The molecule has 0 unspecified atom stereocenters. The molecule has 0 saturated carbocycles. The van der Waals surface area contributed by atoms with Crippen LogP contribution in [0.15, 0.2) is 28.8 Å². The summed E-state index contributed by atoms with van der Waals surface area (Å²) in [5, 5.41) is 3.70. The van der Waals surface area contributed by atoms with Gasteiger partial charge in [0.1, 0.15) is 5.82 Å². The molecule has 0 spiro atoms. The number of carbonyl (C=O) groups excluding carboxylic acids is 1. The smallest absolute Gasteiger partial charge is 0.360 e. The molecule has 2 rings (SSSR count). The minimum atomic E-state index is -0.613. The van der Waals surface area contributed by atoms with Crippen molar-refractivity contribution in [2.45, 2.75) is 0 Å². The topological polar surface area (TPSA) is 52.3 Å². The van der Waals surface area contributed by atoms with Crippen molar-refractivity contribution in [1.82, 2.24) is 5.16 Å². The summed E-state index contributed by atoms with van der Waals surface area (Å²) < 4.78 is 22.3. The quantitative estimate of drug-likeness (QED) is 0.774. The molecule has 4 nitrogen and oxygen atoms in total. The second-order valence-corrected chi connectivity index (χ2v) is 3.60. The third kappa shape index (κ3) is 2.29. The lowest BCUT2D eigenvalue weighted by Crippen LogP contribution is -2.00. The van der Waals surface area contributed by atoms with Crippen LogP contribution in [0, 0.1) is 5.82 Å². The van der Waals surface area contributed by atoms with E-state index in [0.29, 0.717) is 5.56 Å². The molecule has 17 heavy (non-hydrogen) atoms. The summed E-state index contributed by atoms with van der Waals surface area (Å²) in [6.07, 6.45) is 0. The Morgan fingerprint density at radius 2 is 2.24 bits per heavy atom. The summed E-state index contributed by atoms with van der Waals surface area (Å²) in [5.41, 5.74) is 0.485. The summed E-state index contributed by atoms with van der Waals surface area (Å²) in [6.45, 7) is 0. The van der Waals surface area contributed by atoms with E-state index in [9.17, 15) is 9.18 Å². The van der Waals surface area contributed by atoms with E-state index in [1.165, 1.54) is 25.3 Å². The molecule has 0 atom stereocenters. The minimum Gasteiger partial charge on any atom is -0.464 e. The summed E-state index contributed by atoms with van der Waals surface area (Å²) in [4.78, 5) is 11.2. The Balaban J connectivity index is 2.40. The fourth-order valence-corrected chi connectivity index (χ4v) is 1.55. The van der Waals surface area contributed by atoms with E-state index in [-0.39, 0.29) is 16.5 Å². The Morgan fingerprint density at radius 3 is 2.88 bits per heavy atom. The molecular formula is C11H7ClFNO3. The first-order chi connectivity index (χ1) is 8.11. The first-order valence-electron chi connectivity index (χ1n) is 4.62. The molecular weight excluding hydrogens is 249 g/mol. The second-order valence-electron chi connectivity index (χ2n) is 3.19. The first kappa shape index (κ1) is 11.6. The summed E-state index contributed by atoms with van der Waals surface area (Å²) in [6, 6.07) is 5.21. The lowest BCUT2D eigenvalue weighted by molar-refractivity contribution is 0.0589. The molecule has 0 aliphatic rings. The molecule has 1 aromatic carbocycles. The zero-order valence-electron chi connectivity index (χ0n) is 8.74. The Bertz CT molecular complexity index is 568. The minimum absolute atomic E-state index is 0.0305. The highest BCUT2D eigenvalue weighted by Gasteiger charge is 2.15. The maximum atomic E-state index is 12.8. The molecule has 2 aromatic rings. The van der Waals surface area contributed by atoms with Gasteiger partial charge in [0.25, 0.3) is 0 Å². The molecule has 1 heterocycles. The maximum absolute atomic E-state index is 12.8. The highest BCUT2D eigenvalue weighted by atomic mass is 35.5. The van der Waals surface area contributed by atoms with Gasteiger partial charge in [-0.1, -0.05) is 16.8 Å². The standard InChI is InChI=1S/C11H7ClFNO3/c1-16-11(15)9-5-10(17-14-9)7-3-2-6(13)4-8(7)12/h2-5H,1H3. The van der Waals surface area contributed by atoms with Gasteiger partial charge in [-0.2, -0.15) is 0 Å². The number of benzene rings is 1. The molecule has 0 radical (unpaired) electrons. The number of aromatic nitrogens is 1. The normalized spacial score (nSPS) is 10.3. The van der Waals surface area contributed by atoms with Gasteiger partial charge in [0, 0.05) is 11.6 Å². The van der Waals surface area contributed by atoms with E-state index in [1.54, 1.807) is 0 Å². The highest BCUT2D eigenvalue weighted by Crippen LogP contribution is 2.29. The summed E-state index contributed by atoms with van der Waals surface area (Å²) in [5.74, 6) is -0.792. The van der Waals surface area contributed by atoms with Crippen LogP contribution in [-0.2, 0) is 4.74 Å². The number of methoxy groups -OCH3 is 1. The van der Waals surface area contributed by atoms with Crippen molar-refractivity contribution >= 4 is 17.6 Å². The predicted octanol–water partition coefficient (Wildman–Crippen LogP) is 2.92. The van der Waals surface area contributed by atoms with E-state index in [1.807, 2.05) is 0 Å². The number of nitrogens with zero attached hydrogens (tertiary/aromatic N) is 1. The van der Waals surface area contributed by atoms with E-state index < -0.39 is 11.8 Å². The Hall–Kier alpha value is -1.88. The lowest BCUT2D eigenvalue weighted by atomic mass is 10.1. The van der Waals surface area contributed by atoms with Crippen molar-refractivity contribution in [3.05, 3.63) is 40.8 Å². The Morgan fingerprint density at radius 1 is 1.47 bits per heavy atom. The maximum Gasteiger partial charge on any atom is 0.360 e. The van der Waals surface area contributed by atoms with Crippen LogP contribution in [0.4, 0.5) is 4.39 Å². The fourth-order valence-electron chi connectivity index (χ4n) is 1.29. The fraction of sp³-hybridized carbons (Fsp3) is 0.0909. The van der Waals surface area contributed by atoms with Gasteiger partial charge in [-0.3, -0.25) is 0 Å². The van der Waals surface area contributed by atoms with Crippen LogP contribution in [0.2, 0.25) is 5.02 Å². The zero-order valence-corrected chi connectivity index (χ0v) is 9.49. The van der Waals surface area contributed by atoms with E-state index in [4.69, 9.17) is 16.1 Å². The Labute approximate surface area is 101 Å². The van der Waals surface area contributed by atoms with Gasteiger partial charge >= 0.3 is 5.97 Å². The number of rotatable bonds is 2. The van der Waals surface area contributed by atoms with Gasteiger partial charge in [0.2, 0.25) is 0 Å². The molecule has 6 heteroatoms. The van der Waals surface area contributed by atoms with Crippen LogP contribution < -0.4 is 0 Å². The van der Waals surface area contributed by atoms with Gasteiger partial charge in [-0.25, -0.2) is 9.18 Å². The third-order valence-corrected chi connectivity index (χ3v) is 2.41. The van der Waals surface area contributed by atoms with Crippen molar-refractivity contribution < 1.29 is 18.4 Å². The van der Waals surface area contributed by atoms with E-state index >= 15 is 0 Å². The average Bonchev–Trinajstić information content (AvgIpc) is 2.77. The summed E-state index contributed by atoms with van der Waals surface area (Å²) in [7, 11) is 1.24. The van der Waals surface area contributed by atoms with Crippen molar-refractivity contribution in [1.29, 1.82) is 0 Å².